The van der Waals surface area contributed by atoms with E-state index in [1.54, 1.807) is 5.56 Å². The molecule has 4 aliphatic rings. The lowest BCUT2D eigenvalue weighted by atomic mass is 9.48. The summed E-state index contributed by atoms with van der Waals surface area (Å²) in [7, 11) is 0. The van der Waals surface area contributed by atoms with Crippen molar-refractivity contribution in [3.05, 3.63) is 175 Å². The first-order chi connectivity index (χ1) is 29.1. The molecule has 14 rings (SSSR count). The zero-order chi connectivity index (χ0) is 38.7. The van der Waals surface area contributed by atoms with Gasteiger partial charge in [-0.05, 0) is 143 Å². The molecule has 4 bridgehead atoms. The lowest BCUT2D eigenvalue weighted by Gasteiger charge is -2.57. The standard InChI is InChI=1S/C56H43NOS/c1-2-10-38(11-3-1)43-16-8-12-39-13-9-17-48(55(39)43)44-14-4-6-18-50(44)57(42-22-24-47-46-15-5-7-19-53(46)59-54(47)31-42)41-21-23-45-49-29-40(20-25-51(49)58-52(45)30-41)56-32-35-26-36(33-56)28-37(27-35)34-56/h1-25,29-31,35-37H,26-28,32-34H2. The molecule has 0 N–H and O–H groups in total. The van der Waals surface area contributed by atoms with Crippen LogP contribution in [0.25, 0.3) is 75.1 Å². The summed E-state index contributed by atoms with van der Waals surface area (Å²) in [6.45, 7) is 0. The van der Waals surface area contributed by atoms with Crippen LogP contribution >= 0.6 is 11.3 Å². The second kappa shape index (κ2) is 12.9. The van der Waals surface area contributed by atoms with Crippen LogP contribution in [0.1, 0.15) is 44.1 Å². The van der Waals surface area contributed by atoms with E-state index >= 15 is 0 Å². The van der Waals surface area contributed by atoms with Gasteiger partial charge in [0, 0.05) is 53.9 Å². The highest BCUT2D eigenvalue weighted by atomic mass is 32.1. The fourth-order valence-corrected chi connectivity index (χ4v) is 13.4. The second-order valence-electron chi connectivity index (χ2n) is 17.9. The van der Waals surface area contributed by atoms with Gasteiger partial charge in [0.05, 0.1) is 5.69 Å². The van der Waals surface area contributed by atoms with Crippen molar-refractivity contribution in [3.63, 3.8) is 0 Å². The zero-order valence-corrected chi connectivity index (χ0v) is 33.7. The third-order valence-corrected chi connectivity index (χ3v) is 15.5. The van der Waals surface area contributed by atoms with Crippen LogP contribution in [0.5, 0.6) is 0 Å². The van der Waals surface area contributed by atoms with Crippen LogP contribution in [-0.2, 0) is 5.41 Å². The number of fused-ring (bicyclic) bond motifs is 7. The molecule has 0 unspecified atom stereocenters. The molecule has 0 spiro atoms. The highest BCUT2D eigenvalue weighted by Gasteiger charge is 2.51. The largest absolute Gasteiger partial charge is 0.456 e. The Kier molecular flexibility index (Phi) is 7.40. The molecule has 4 saturated carbocycles. The molecule has 3 heteroatoms. The van der Waals surface area contributed by atoms with Gasteiger partial charge in [-0.25, -0.2) is 0 Å². The summed E-state index contributed by atoms with van der Waals surface area (Å²) >= 11 is 1.87. The maximum atomic E-state index is 6.81. The van der Waals surface area contributed by atoms with Gasteiger partial charge in [-0.2, -0.15) is 0 Å². The number of para-hydroxylation sites is 1. The molecule has 0 amide bonds. The minimum atomic E-state index is 0.347. The monoisotopic (exact) mass is 777 g/mol. The summed E-state index contributed by atoms with van der Waals surface area (Å²) in [6.07, 6.45) is 8.49. The van der Waals surface area contributed by atoms with Crippen molar-refractivity contribution in [2.24, 2.45) is 17.8 Å². The van der Waals surface area contributed by atoms with Crippen LogP contribution in [0.15, 0.2) is 174 Å². The van der Waals surface area contributed by atoms with Gasteiger partial charge in [0.15, 0.2) is 0 Å². The molecule has 2 aromatic heterocycles. The fraction of sp³-hybridized carbons (Fsp3) is 0.179. The summed E-state index contributed by atoms with van der Waals surface area (Å²) in [5, 5.41) is 7.55. The van der Waals surface area contributed by atoms with Crippen molar-refractivity contribution in [2.45, 2.75) is 43.9 Å². The topological polar surface area (TPSA) is 16.4 Å². The molecule has 2 nitrogen and oxygen atoms in total. The maximum Gasteiger partial charge on any atom is 0.137 e. The van der Waals surface area contributed by atoms with E-state index in [0.717, 1.165) is 46.0 Å². The highest BCUT2D eigenvalue weighted by Crippen LogP contribution is 2.61. The van der Waals surface area contributed by atoms with E-state index in [0.29, 0.717) is 5.41 Å². The normalized spacial score (nSPS) is 21.1. The first-order valence-corrected chi connectivity index (χ1v) is 22.3. The number of hydrogen-bond acceptors (Lipinski definition) is 3. The molecule has 59 heavy (non-hydrogen) atoms. The number of hydrogen-bond donors (Lipinski definition) is 0. The predicted molar refractivity (Wildman–Crippen MR) is 250 cm³/mol. The Morgan fingerprint density at radius 1 is 0.475 bits per heavy atom. The van der Waals surface area contributed by atoms with E-state index in [9.17, 15) is 0 Å². The van der Waals surface area contributed by atoms with E-state index in [4.69, 9.17) is 4.42 Å². The van der Waals surface area contributed by atoms with Gasteiger partial charge >= 0.3 is 0 Å². The van der Waals surface area contributed by atoms with E-state index in [1.807, 2.05) is 11.3 Å². The third-order valence-electron chi connectivity index (χ3n) is 14.4. The van der Waals surface area contributed by atoms with Crippen molar-refractivity contribution >= 4 is 81.3 Å². The Balaban J connectivity index is 1.00. The second-order valence-corrected chi connectivity index (χ2v) is 19.0. The number of rotatable bonds is 6. The molecule has 0 aliphatic heterocycles. The van der Waals surface area contributed by atoms with Gasteiger partial charge in [0.2, 0.25) is 0 Å². The molecule has 4 aliphatic carbocycles. The number of furan rings is 1. The number of benzene rings is 8. The van der Waals surface area contributed by atoms with Gasteiger partial charge in [-0.1, -0.05) is 115 Å². The SMILES string of the molecule is c1ccc(-c2cccc3cccc(-c4ccccc4N(c4ccc5c(c4)oc4ccc(C67CC8CC(CC(C8)C6)C7)cc45)c4ccc5c(c4)sc4ccccc45)c23)cc1. The minimum Gasteiger partial charge on any atom is -0.456 e. The van der Waals surface area contributed by atoms with Gasteiger partial charge in [0.1, 0.15) is 11.2 Å². The van der Waals surface area contributed by atoms with Crippen molar-refractivity contribution in [3.8, 4) is 22.3 Å². The smallest absolute Gasteiger partial charge is 0.137 e. The summed E-state index contributed by atoms with van der Waals surface area (Å²) in [5.41, 5.74) is 12.0. The lowest BCUT2D eigenvalue weighted by molar-refractivity contribution is -0.00513. The molecule has 2 heterocycles. The Morgan fingerprint density at radius 3 is 1.95 bits per heavy atom. The van der Waals surface area contributed by atoms with Crippen LogP contribution in [0.4, 0.5) is 17.1 Å². The van der Waals surface area contributed by atoms with Crippen molar-refractivity contribution < 1.29 is 4.42 Å². The first kappa shape index (κ1) is 33.8. The van der Waals surface area contributed by atoms with Gasteiger partial charge in [0.25, 0.3) is 0 Å². The van der Waals surface area contributed by atoms with Crippen LogP contribution in [-0.4, -0.2) is 0 Å². The molecule has 10 aromatic rings. The molecule has 4 fully saturated rings. The summed E-state index contributed by atoms with van der Waals surface area (Å²) in [4.78, 5) is 2.45. The molecule has 8 aromatic carbocycles. The Labute approximate surface area is 348 Å². The lowest BCUT2D eigenvalue weighted by Crippen LogP contribution is -2.48. The van der Waals surface area contributed by atoms with Crippen LogP contribution in [0, 0.1) is 17.8 Å². The van der Waals surface area contributed by atoms with Crippen LogP contribution < -0.4 is 4.90 Å². The molecule has 0 saturated heterocycles. The fourth-order valence-electron chi connectivity index (χ4n) is 12.3. The predicted octanol–water partition coefficient (Wildman–Crippen LogP) is 16.4. The van der Waals surface area contributed by atoms with E-state index in [-0.39, 0.29) is 0 Å². The average molecular weight is 778 g/mol. The summed E-state index contributed by atoms with van der Waals surface area (Å²) < 4.78 is 9.41. The number of nitrogens with zero attached hydrogens (tertiary/aromatic N) is 1. The average Bonchev–Trinajstić information content (AvgIpc) is 3.83. The molecular weight excluding hydrogens is 735 g/mol. The molecule has 284 valence electrons. The van der Waals surface area contributed by atoms with E-state index in [1.165, 1.54) is 102 Å². The van der Waals surface area contributed by atoms with Crippen LogP contribution in [0.3, 0.4) is 0 Å². The molecule has 0 atom stereocenters. The van der Waals surface area contributed by atoms with Crippen LogP contribution in [0.2, 0.25) is 0 Å². The van der Waals surface area contributed by atoms with Crippen molar-refractivity contribution in [1.29, 1.82) is 0 Å². The van der Waals surface area contributed by atoms with Gasteiger partial charge in [-0.15, -0.1) is 11.3 Å². The molecule has 0 radical (unpaired) electrons. The Hall–Kier alpha value is -6.16. The van der Waals surface area contributed by atoms with Crippen molar-refractivity contribution in [1.82, 2.24) is 0 Å². The third kappa shape index (κ3) is 5.30. The minimum absolute atomic E-state index is 0.347. The van der Waals surface area contributed by atoms with Gasteiger partial charge in [-0.3, -0.25) is 0 Å². The Bertz CT molecular complexity index is 3240. The first-order valence-electron chi connectivity index (χ1n) is 21.5. The summed E-state index contributed by atoms with van der Waals surface area (Å²) in [6, 6.07) is 63.1. The summed E-state index contributed by atoms with van der Waals surface area (Å²) in [5.74, 6) is 2.75. The van der Waals surface area contributed by atoms with E-state index < -0.39 is 0 Å². The Morgan fingerprint density at radius 2 is 1.14 bits per heavy atom. The van der Waals surface area contributed by atoms with E-state index in [2.05, 4.69) is 175 Å². The van der Waals surface area contributed by atoms with Crippen molar-refractivity contribution in [2.75, 3.05) is 4.90 Å². The number of thiophene rings is 1. The number of anilines is 3. The zero-order valence-electron chi connectivity index (χ0n) is 32.9. The molecular formula is C56H43NOS. The maximum absolute atomic E-state index is 6.81. The quantitative estimate of drug-likeness (QED) is 0.167. The highest BCUT2D eigenvalue weighted by molar-refractivity contribution is 7.25. The van der Waals surface area contributed by atoms with Gasteiger partial charge < -0.3 is 9.32 Å².